The molecule has 180 valence electrons. The van der Waals surface area contributed by atoms with Crippen LogP contribution in [-0.4, -0.2) is 32.6 Å². The van der Waals surface area contributed by atoms with E-state index in [1.807, 2.05) is 60.3 Å². The maximum atomic E-state index is 12.9. The van der Waals surface area contributed by atoms with E-state index in [-0.39, 0.29) is 40.6 Å². The Balaban J connectivity index is 1.36. The SMILES string of the molecule is Cn1cc(/C=C2\Oc3cc(O)cc(O)c3C2=O)c2c(-c3ccc(NC(=O)NC4CC4)cc3)cccc21. The molecule has 0 atom stereocenters. The predicted molar refractivity (Wildman–Crippen MR) is 136 cm³/mol. The third kappa shape index (κ3) is 3.82. The summed E-state index contributed by atoms with van der Waals surface area (Å²) in [7, 11) is 1.93. The number of allylic oxidation sites excluding steroid dienone is 1. The van der Waals surface area contributed by atoms with Crippen LogP contribution in [0.15, 0.2) is 66.6 Å². The van der Waals surface area contributed by atoms with Crippen molar-refractivity contribution < 1.29 is 24.5 Å². The molecule has 1 fully saturated rings. The third-order valence-electron chi connectivity index (χ3n) is 6.43. The van der Waals surface area contributed by atoms with Crippen LogP contribution in [0.2, 0.25) is 0 Å². The number of rotatable bonds is 4. The van der Waals surface area contributed by atoms with Gasteiger partial charge in [-0.25, -0.2) is 4.79 Å². The number of carbonyl (C=O) groups excluding carboxylic acids is 2. The lowest BCUT2D eigenvalue weighted by Gasteiger charge is -2.09. The number of phenolic OH excluding ortho intramolecular Hbond substituents is 2. The number of ether oxygens (including phenoxy) is 1. The average Bonchev–Trinajstić information content (AvgIpc) is 3.52. The maximum Gasteiger partial charge on any atom is 0.319 e. The molecule has 0 unspecified atom stereocenters. The zero-order chi connectivity index (χ0) is 25.0. The van der Waals surface area contributed by atoms with E-state index >= 15 is 0 Å². The number of nitrogens with zero attached hydrogens (tertiary/aromatic N) is 1. The van der Waals surface area contributed by atoms with Crippen LogP contribution in [0.5, 0.6) is 17.2 Å². The average molecular weight is 482 g/mol. The minimum atomic E-state index is -0.447. The summed E-state index contributed by atoms with van der Waals surface area (Å²) in [5.41, 5.74) is 4.38. The van der Waals surface area contributed by atoms with Gasteiger partial charge in [-0.15, -0.1) is 0 Å². The summed E-state index contributed by atoms with van der Waals surface area (Å²) >= 11 is 0. The number of hydrogen-bond donors (Lipinski definition) is 4. The fourth-order valence-corrected chi connectivity index (χ4v) is 4.56. The monoisotopic (exact) mass is 481 g/mol. The molecule has 6 rings (SSSR count). The quantitative estimate of drug-likeness (QED) is 0.301. The Hall–Kier alpha value is -4.72. The van der Waals surface area contributed by atoms with Crippen molar-refractivity contribution >= 4 is 34.5 Å². The number of nitrogens with one attached hydrogen (secondary N) is 2. The topological polar surface area (TPSA) is 113 Å². The number of urea groups is 1. The highest BCUT2D eigenvalue weighted by Gasteiger charge is 2.31. The van der Waals surface area contributed by atoms with Gasteiger partial charge in [0.1, 0.15) is 22.8 Å². The molecule has 1 aliphatic carbocycles. The summed E-state index contributed by atoms with van der Waals surface area (Å²) in [5, 5.41) is 26.6. The van der Waals surface area contributed by atoms with E-state index in [0.29, 0.717) is 5.69 Å². The molecular weight excluding hydrogens is 458 g/mol. The van der Waals surface area contributed by atoms with Crippen molar-refractivity contribution in [3.63, 3.8) is 0 Å². The van der Waals surface area contributed by atoms with Gasteiger partial charge in [0.2, 0.25) is 5.78 Å². The number of fused-ring (bicyclic) bond motifs is 2. The number of phenols is 2. The first-order chi connectivity index (χ1) is 17.4. The lowest BCUT2D eigenvalue weighted by molar-refractivity contribution is 0.101. The minimum Gasteiger partial charge on any atom is -0.508 e. The molecule has 1 aliphatic heterocycles. The second kappa shape index (κ2) is 8.20. The number of aromatic hydroxyl groups is 2. The van der Waals surface area contributed by atoms with Crippen molar-refractivity contribution in [2.45, 2.75) is 18.9 Å². The normalized spacial score (nSPS) is 15.7. The molecule has 36 heavy (non-hydrogen) atoms. The number of amides is 2. The van der Waals surface area contributed by atoms with Crippen molar-refractivity contribution in [2.75, 3.05) is 5.32 Å². The molecule has 0 radical (unpaired) electrons. The van der Waals surface area contributed by atoms with Gasteiger partial charge in [0, 0.05) is 53.6 Å². The molecule has 8 heteroatoms. The largest absolute Gasteiger partial charge is 0.508 e. The van der Waals surface area contributed by atoms with Gasteiger partial charge >= 0.3 is 6.03 Å². The lowest BCUT2D eigenvalue weighted by Crippen LogP contribution is -2.30. The third-order valence-corrected chi connectivity index (χ3v) is 6.43. The van der Waals surface area contributed by atoms with E-state index in [9.17, 15) is 19.8 Å². The highest BCUT2D eigenvalue weighted by Crippen LogP contribution is 2.41. The molecule has 2 heterocycles. The molecular formula is C28H23N3O5. The Morgan fingerprint density at radius 1 is 1.11 bits per heavy atom. The zero-order valence-electron chi connectivity index (χ0n) is 19.4. The fraction of sp³-hybridized carbons (Fsp3) is 0.143. The summed E-state index contributed by atoms with van der Waals surface area (Å²) in [6.07, 6.45) is 5.62. The van der Waals surface area contributed by atoms with Crippen molar-refractivity contribution in [1.82, 2.24) is 9.88 Å². The van der Waals surface area contributed by atoms with Crippen LogP contribution in [0, 0.1) is 0 Å². The fourth-order valence-electron chi connectivity index (χ4n) is 4.56. The number of carbonyl (C=O) groups is 2. The molecule has 3 aromatic carbocycles. The zero-order valence-corrected chi connectivity index (χ0v) is 19.4. The predicted octanol–water partition coefficient (Wildman–Crippen LogP) is 5.16. The maximum absolute atomic E-state index is 12.9. The van der Waals surface area contributed by atoms with E-state index < -0.39 is 5.78 Å². The first kappa shape index (κ1) is 21.8. The van der Waals surface area contributed by atoms with Crippen LogP contribution >= 0.6 is 0 Å². The van der Waals surface area contributed by atoms with E-state index in [4.69, 9.17) is 4.74 Å². The van der Waals surface area contributed by atoms with E-state index in [1.165, 1.54) is 6.07 Å². The van der Waals surface area contributed by atoms with Crippen LogP contribution in [0.25, 0.3) is 28.1 Å². The lowest BCUT2D eigenvalue weighted by atomic mass is 9.98. The Labute approximate surface area is 206 Å². The Bertz CT molecular complexity index is 1580. The summed E-state index contributed by atoms with van der Waals surface area (Å²) in [6, 6.07) is 16.1. The van der Waals surface area contributed by atoms with Crippen LogP contribution < -0.4 is 15.4 Å². The second-order valence-electron chi connectivity index (χ2n) is 9.12. The summed E-state index contributed by atoms with van der Waals surface area (Å²) in [6.45, 7) is 0. The second-order valence-corrected chi connectivity index (χ2v) is 9.12. The number of hydrogen-bond acceptors (Lipinski definition) is 5. The molecule has 0 bridgehead atoms. The van der Waals surface area contributed by atoms with Crippen molar-refractivity contribution in [1.29, 1.82) is 0 Å². The van der Waals surface area contributed by atoms with Crippen LogP contribution in [-0.2, 0) is 7.05 Å². The first-order valence-corrected chi connectivity index (χ1v) is 11.6. The molecule has 0 saturated heterocycles. The molecule has 2 amide bonds. The smallest absolute Gasteiger partial charge is 0.319 e. The minimum absolute atomic E-state index is 0.0355. The van der Waals surface area contributed by atoms with E-state index in [1.54, 1.807) is 6.08 Å². The van der Waals surface area contributed by atoms with Crippen LogP contribution in [0.1, 0.15) is 28.8 Å². The van der Waals surface area contributed by atoms with Crippen LogP contribution in [0.4, 0.5) is 10.5 Å². The van der Waals surface area contributed by atoms with Crippen LogP contribution in [0.3, 0.4) is 0 Å². The van der Waals surface area contributed by atoms with Gasteiger partial charge in [-0.3, -0.25) is 4.79 Å². The van der Waals surface area contributed by atoms with Gasteiger partial charge in [-0.2, -0.15) is 0 Å². The number of Topliss-reactive ketones (excluding diaryl/α,β-unsaturated/α-hetero) is 1. The number of anilines is 1. The van der Waals surface area contributed by atoms with E-state index in [0.717, 1.165) is 46.5 Å². The van der Waals surface area contributed by atoms with Gasteiger partial charge in [0.15, 0.2) is 5.76 Å². The van der Waals surface area contributed by atoms with Crippen molar-refractivity contribution in [2.24, 2.45) is 7.05 Å². The van der Waals surface area contributed by atoms with E-state index in [2.05, 4.69) is 10.6 Å². The highest BCUT2D eigenvalue weighted by molar-refractivity contribution is 6.17. The number of aryl methyl sites for hydroxylation is 1. The highest BCUT2D eigenvalue weighted by atomic mass is 16.5. The van der Waals surface area contributed by atoms with Gasteiger partial charge in [-0.1, -0.05) is 24.3 Å². The van der Waals surface area contributed by atoms with Gasteiger partial charge in [0.25, 0.3) is 0 Å². The Morgan fingerprint density at radius 3 is 2.64 bits per heavy atom. The number of ketones is 1. The summed E-state index contributed by atoms with van der Waals surface area (Å²) < 4.78 is 7.68. The molecule has 0 spiro atoms. The van der Waals surface area contributed by atoms with Crippen molar-refractivity contribution in [3.05, 3.63) is 77.7 Å². The summed E-state index contributed by atoms with van der Waals surface area (Å²) in [4.78, 5) is 25.0. The molecule has 4 aromatic rings. The molecule has 1 saturated carbocycles. The van der Waals surface area contributed by atoms with Gasteiger partial charge in [-0.05, 0) is 48.2 Å². The Morgan fingerprint density at radius 2 is 1.89 bits per heavy atom. The van der Waals surface area contributed by atoms with Crippen molar-refractivity contribution in [3.8, 4) is 28.4 Å². The van der Waals surface area contributed by atoms with Gasteiger partial charge in [0.05, 0.1) is 0 Å². The number of benzene rings is 3. The standard InChI is InChI=1S/C28H23N3O5/c1-31-14-16(11-24-27(34)26-22(33)12-19(32)13-23(26)36-24)25-20(3-2-4-21(25)31)15-5-7-17(8-6-15)29-28(35)30-18-9-10-18/h2-8,11-14,18,32-33H,9-10H2,1H3,(H2,29,30,35)/b24-11-. The first-order valence-electron chi connectivity index (χ1n) is 11.6. The number of aromatic nitrogens is 1. The summed E-state index contributed by atoms with van der Waals surface area (Å²) in [5.74, 6) is -0.767. The molecule has 8 nitrogen and oxygen atoms in total. The molecule has 4 N–H and O–H groups in total. The van der Waals surface area contributed by atoms with Gasteiger partial charge < -0.3 is 30.2 Å². The molecule has 1 aromatic heterocycles. The molecule has 2 aliphatic rings. The Kier molecular flexibility index (Phi) is 4.96.